The van der Waals surface area contributed by atoms with E-state index < -0.39 is 108 Å². The molecule has 2 rings (SSSR count). The number of amides is 7. The van der Waals surface area contributed by atoms with E-state index in [0.29, 0.717) is 6.42 Å². The second kappa shape index (κ2) is 29.9. The number of allylic oxidation sites excluding steroid dienone is 2. The number of guanidine groups is 1. The van der Waals surface area contributed by atoms with Gasteiger partial charge in [-0.05, 0) is 57.4 Å². The average molecular weight is 1010 g/mol. The quantitative estimate of drug-likeness (QED) is 0.0292. The third kappa shape index (κ3) is 20.0. The number of ether oxygens (including phenoxy) is 2. The molecule has 0 aromatic heterocycles. The SMILES string of the molecule is C=C1C(=O)N[C@H](C)C(=O)N[C@@H](CC(C)C)C(=O)NC(C(=O)O)[C@H](C)C(=O)NC(CCCN=C(N)N)C(=O)NC(/C=C/C(C)=C/[C@H](C)[C@H](Cc2ccccc2)OC)C(C)C(=O)N[C@@H](C(=O)OC)CCC(=O)N1C. The van der Waals surface area contributed by atoms with Crippen molar-refractivity contribution in [1.82, 2.24) is 36.8 Å². The highest BCUT2D eigenvalue weighted by molar-refractivity contribution is 6.00. The van der Waals surface area contributed by atoms with E-state index in [2.05, 4.69) is 43.5 Å². The molecule has 0 bridgehead atoms. The number of carbonyl (C=O) groups is 9. The smallest absolute Gasteiger partial charge is 0.328 e. The van der Waals surface area contributed by atoms with Crippen LogP contribution in [0.4, 0.5) is 0 Å². The molecule has 72 heavy (non-hydrogen) atoms. The Kier molecular flexibility index (Phi) is 25.4. The van der Waals surface area contributed by atoms with Crippen LogP contribution in [0, 0.1) is 23.7 Å². The first-order valence-electron chi connectivity index (χ1n) is 23.9. The molecule has 0 saturated carbocycles. The Labute approximate surface area is 422 Å². The molecule has 0 aliphatic carbocycles. The van der Waals surface area contributed by atoms with Gasteiger partial charge in [-0.1, -0.05) is 95.3 Å². The molecule has 1 fully saturated rings. The number of esters is 1. The molecule has 1 heterocycles. The molecule has 22 nitrogen and oxygen atoms in total. The van der Waals surface area contributed by atoms with Crippen molar-refractivity contribution in [2.75, 3.05) is 27.8 Å². The summed E-state index contributed by atoms with van der Waals surface area (Å²) in [4.78, 5) is 127. The third-order valence-electron chi connectivity index (χ3n) is 12.1. The van der Waals surface area contributed by atoms with E-state index in [1.807, 2.05) is 50.3 Å². The maximum Gasteiger partial charge on any atom is 0.328 e. The lowest BCUT2D eigenvalue weighted by molar-refractivity contribution is -0.147. The summed E-state index contributed by atoms with van der Waals surface area (Å²) in [6.45, 7) is 15.1. The molecule has 1 aliphatic rings. The monoisotopic (exact) mass is 1010 g/mol. The van der Waals surface area contributed by atoms with Crippen LogP contribution in [-0.4, -0.2) is 139 Å². The maximum absolute atomic E-state index is 14.4. The van der Waals surface area contributed by atoms with Crippen molar-refractivity contribution in [2.24, 2.45) is 40.1 Å². The Bertz CT molecular complexity index is 2180. The molecule has 22 heteroatoms. The molecule has 1 aliphatic heterocycles. The van der Waals surface area contributed by atoms with Crippen molar-refractivity contribution in [3.63, 3.8) is 0 Å². The number of aliphatic imine (C=N–C) groups is 1. The summed E-state index contributed by atoms with van der Waals surface area (Å²) in [5, 5.41) is 25.7. The standard InChI is InChI=1S/C50H76N10O12/c1-27(2)24-38-47(67)59-41(48(68)69)31(6)43(63)56-36(18-15-23-53-50(51)52)46(66)55-35(20-19-28(3)25-29(4)39(71-10)26-34-16-13-12-14-17-34)30(5)42(62)57-37(49(70)72-11)21-22-40(61)60(9)33(8)45(65)54-32(7)44(64)58-38/h12-14,16-17,19-20,25,27,29-32,35-39,41H,8,15,18,21-24,26H2,1-7,9-11H3,(H,54,65)(H,55,66)(H,56,63)(H,57,62)(H,58,64)(H,59,67)(H,68,69)(H4,51,52,53)/b20-19+,28-25+/t29-,30?,31-,32+,35?,36?,37+,38-,39-,41?/m0/s1. The topological polar surface area (TPSA) is 332 Å². The first-order chi connectivity index (χ1) is 33.8. The average Bonchev–Trinajstić information content (AvgIpc) is 3.33. The summed E-state index contributed by atoms with van der Waals surface area (Å²) in [6.07, 6.45) is 5.02. The third-order valence-corrected chi connectivity index (χ3v) is 12.1. The van der Waals surface area contributed by atoms with Crippen LogP contribution in [0.1, 0.15) is 86.1 Å². The first-order valence-corrected chi connectivity index (χ1v) is 23.9. The van der Waals surface area contributed by atoms with E-state index in [1.54, 1.807) is 33.1 Å². The van der Waals surface area contributed by atoms with E-state index >= 15 is 0 Å². The largest absolute Gasteiger partial charge is 0.480 e. The van der Waals surface area contributed by atoms with Crippen molar-refractivity contribution in [1.29, 1.82) is 0 Å². The summed E-state index contributed by atoms with van der Waals surface area (Å²) in [6, 6.07) is 1.37. The Morgan fingerprint density at radius 3 is 2.06 bits per heavy atom. The van der Waals surface area contributed by atoms with Gasteiger partial charge in [0.1, 0.15) is 35.9 Å². The fourth-order valence-electron chi connectivity index (χ4n) is 7.59. The lowest BCUT2D eigenvalue weighted by Gasteiger charge is -2.28. The maximum atomic E-state index is 14.4. The molecule has 1 aromatic carbocycles. The van der Waals surface area contributed by atoms with Gasteiger partial charge in [0.15, 0.2) is 5.96 Å². The molecule has 0 spiro atoms. The fraction of sp³-hybridized carbons (Fsp3) is 0.560. The number of carbonyl (C=O) groups excluding carboxylic acids is 8. The zero-order valence-electron chi connectivity index (χ0n) is 43.1. The number of carboxylic acid groups (broad SMARTS) is 1. The van der Waals surface area contributed by atoms with Gasteiger partial charge in [0.25, 0.3) is 5.91 Å². The summed E-state index contributed by atoms with van der Waals surface area (Å²) in [5.41, 5.74) is 12.5. The van der Waals surface area contributed by atoms with Crippen molar-refractivity contribution in [3.8, 4) is 0 Å². The molecule has 1 saturated heterocycles. The second-order valence-corrected chi connectivity index (χ2v) is 18.4. The van der Waals surface area contributed by atoms with Gasteiger partial charge in [-0.25, -0.2) is 9.59 Å². The minimum absolute atomic E-state index is 0.0153. The minimum atomic E-state index is -1.87. The van der Waals surface area contributed by atoms with Crippen LogP contribution >= 0.6 is 0 Å². The molecule has 1 aromatic rings. The number of benzene rings is 1. The molecule has 7 amide bonds. The molecule has 10 atom stereocenters. The summed E-state index contributed by atoms with van der Waals surface area (Å²) in [7, 11) is 3.97. The number of nitrogens with one attached hydrogen (secondary N) is 6. The second-order valence-electron chi connectivity index (χ2n) is 18.4. The molecule has 398 valence electrons. The van der Waals surface area contributed by atoms with Gasteiger partial charge in [-0.3, -0.25) is 38.6 Å². The first kappa shape index (κ1) is 61.0. The van der Waals surface area contributed by atoms with Crippen LogP contribution < -0.4 is 43.4 Å². The number of likely N-dealkylation sites (N-methyl/N-ethyl adjacent to an activating group) is 1. The van der Waals surface area contributed by atoms with Gasteiger partial charge in [0, 0.05) is 33.0 Å². The summed E-state index contributed by atoms with van der Waals surface area (Å²) < 4.78 is 10.8. The number of rotatable bonds is 15. The number of hydrogen-bond acceptors (Lipinski definition) is 12. The van der Waals surface area contributed by atoms with Crippen LogP contribution in [-0.2, 0) is 59.0 Å². The number of hydrogen-bond donors (Lipinski definition) is 9. The van der Waals surface area contributed by atoms with E-state index in [9.17, 15) is 48.3 Å². The van der Waals surface area contributed by atoms with Gasteiger partial charge >= 0.3 is 11.9 Å². The zero-order chi connectivity index (χ0) is 54.4. The number of carboxylic acids is 1. The zero-order valence-corrected chi connectivity index (χ0v) is 43.1. The Morgan fingerprint density at radius 2 is 1.47 bits per heavy atom. The van der Waals surface area contributed by atoms with E-state index in [-0.39, 0.29) is 61.8 Å². The van der Waals surface area contributed by atoms with Crippen molar-refractivity contribution < 1.29 is 57.7 Å². The summed E-state index contributed by atoms with van der Waals surface area (Å²) in [5.74, 6) is -11.6. The van der Waals surface area contributed by atoms with E-state index in [4.69, 9.17) is 20.9 Å². The normalized spacial score (nSPS) is 25.1. The highest BCUT2D eigenvalue weighted by Gasteiger charge is 2.37. The lowest BCUT2D eigenvalue weighted by atomic mass is 9.94. The molecular formula is C50H76N10O12. The number of nitrogens with zero attached hydrogens (tertiary/aromatic N) is 2. The molecule has 0 radical (unpaired) electrons. The van der Waals surface area contributed by atoms with Crippen LogP contribution in [0.15, 0.2) is 71.4 Å². The van der Waals surface area contributed by atoms with Gasteiger partial charge in [0.05, 0.1) is 31.1 Å². The highest BCUT2D eigenvalue weighted by Crippen LogP contribution is 2.19. The Morgan fingerprint density at radius 1 is 0.861 bits per heavy atom. The predicted molar refractivity (Wildman–Crippen MR) is 269 cm³/mol. The van der Waals surface area contributed by atoms with E-state index in [0.717, 1.165) is 23.1 Å². The van der Waals surface area contributed by atoms with Crippen LogP contribution in [0.3, 0.4) is 0 Å². The molecular weight excluding hydrogens is 933 g/mol. The van der Waals surface area contributed by atoms with Crippen LogP contribution in [0.2, 0.25) is 0 Å². The predicted octanol–water partition coefficient (Wildman–Crippen LogP) is 0.707. The number of nitrogens with two attached hydrogens (primary N) is 2. The van der Waals surface area contributed by atoms with Crippen molar-refractivity contribution in [2.45, 2.75) is 129 Å². The van der Waals surface area contributed by atoms with Gasteiger partial charge in [-0.2, -0.15) is 0 Å². The van der Waals surface area contributed by atoms with Gasteiger partial charge in [-0.15, -0.1) is 0 Å². The Hall–Kier alpha value is -7.10. The van der Waals surface area contributed by atoms with Crippen LogP contribution in [0.5, 0.6) is 0 Å². The van der Waals surface area contributed by atoms with Crippen molar-refractivity contribution in [3.05, 3.63) is 72.0 Å². The highest BCUT2D eigenvalue weighted by atomic mass is 16.5. The van der Waals surface area contributed by atoms with E-state index in [1.165, 1.54) is 27.8 Å². The van der Waals surface area contributed by atoms with Gasteiger partial charge in [0.2, 0.25) is 35.4 Å². The minimum Gasteiger partial charge on any atom is -0.480 e. The summed E-state index contributed by atoms with van der Waals surface area (Å²) >= 11 is 0. The molecule has 4 unspecified atom stereocenters. The lowest BCUT2D eigenvalue weighted by Crippen LogP contribution is -2.59. The van der Waals surface area contributed by atoms with Crippen LogP contribution in [0.25, 0.3) is 0 Å². The molecule has 11 N–H and O–H groups in total. The fourth-order valence-corrected chi connectivity index (χ4v) is 7.59. The number of aliphatic carboxylic acids is 1. The Balaban J connectivity index is 2.76. The van der Waals surface area contributed by atoms with Gasteiger partial charge < -0.3 is 62.8 Å². The van der Waals surface area contributed by atoms with Crippen molar-refractivity contribution >= 4 is 59.2 Å². The number of methoxy groups -OCH3 is 2.